The Morgan fingerprint density at radius 2 is 1.65 bits per heavy atom. The van der Waals surface area contributed by atoms with Crippen LogP contribution < -0.4 is 9.47 Å². The van der Waals surface area contributed by atoms with E-state index < -0.39 is 0 Å². The molecule has 20 heavy (non-hydrogen) atoms. The molecule has 2 aromatic carbocycles. The van der Waals surface area contributed by atoms with Crippen LogP contribution >= 0.6 is 0 Å². The summed E-state index contributed by atoms with van der Waals surface area (Å²) < 4.78 is 10.7. The smallest absolute Gasteiger partial charge is 0.314 e. The highest BCUT2D eigenvalue weighted by Crippen LogP contribution is 2.28. The van der Waals surface area contributed by atoms with Gasteiger partial charge in [0, 0.05) is 0 Å². The number of hydrogen-bond acceptors (Lipinski definition) is 3. The second-order valence-electron chi connectivity index (χ2n) is 5.28. The summed E-state index contributed by atoms with van der Waals surface area (Å²) in [6.07, 6.45) is 4.18. The van der Waals surface area contributed by atoms with Gasteiger partial charge in [0.25, 0.3) is 0 Å². The minimum absolute atomic E-state index is 0.0796. The lowest BCUT2D eigenvalue weighted by Gasteiger charge is -2.10. The van der Waals surface area contributed by atoms with Gasteiger partial charge in [-0.15, -0.1) is 0 Å². The Labute approximate surface area is 118 Å². The Morgan fingerprint density at radius 3 is 2.35 bits per heavy atom. The summed E-state index contributed by atoms with van der Waals surface area (Å²) in [5, 5.41) is 2.12. The van der Waals surface area contributed by atoms with Crippen molar-refractivity contribution < 1.29 is 14.3 Å². The molecule has 1 aliphatic rings. The molecule has 1 saturated carbocycles. The Kier molecular flexibility index (Phi) is 3.59. The van der Waals surface area contributed by atoms with Gasteiger partial charge in [0.05, 0.1) is 13.0 Å². The molecule has 2 aromatic rings. The van der Waals surface area contributed by atoms with Crippen molar-refractivity contribution in [1.82, 2.24) is 0 Å². The fraction of sp³-hybridized carbons (Fsp3) is 0.353. The number of benzene rings is 2. The molecule has 0 amide bonds. The van der Waals surface area contributed by atoms with E-state index in [2.05, 4.69) is 0 Å². The standard InChI is InChI=1S/C17H18O3/c1-19-15-8-6-12-7-9-16(11-14(12)10-15)20-17(18)13-4-2-3-5-13/h6-11,13H,2-5H2,1H3. The molecule has 0 unspecified atom stereocenters. The van der Waals surface area contributed by atoms with Gasteiger partial charge in [0.2, 0.25) is 0 Å². The van der Waals surface area contributed by atoms with Crippen LogP contribution in [0.3, 0.4) is 0 Å². The van der Waals surface area contributed by atoms with E-state index >= 15 is 0 Å². The predicted molar refractivity (Wildman–Crippen MR) is 78.1 cm³/mol. The van der Waals surface area contributed by atoms with Crippen LogP contribution in [0.4, 0.5) is 0 Å². The molecule has 0 atom stereocenters. The number of fused-ring (bicyclic) bond motifs is 1. The van der Waals surface area contributed by atoms with Crippen molar-refractivity contribution in [3.05, 3.63) is 36.4 Å². The second-order valence-corrected chi connectivity index (χ2v) is 5.28. The van der Waals surface area contributed by atoms with E-state index in [0.29, 0.717) is 5.75 Å². The van der Waals surface area contributed by atoms with E-state index in [1.54, 1.807) is 7.11 Å². The van der Waals surface area contributed by atoms with Crippen molar-refractivity contribution in [2.75, 3.05) is 7.11 Å². The van der Waals surface area contributed by atoms with Gasteiger partial charge in [0.15, 0.2) is 0 Å². The quantitative estimate of drug-likeness (QED) is 0.626. The van der Waals surface area contributed by atoms with E-state index in [1.165, 1.54) is 0 Å². The second kappa shape index (κ2) is 5.53. The minimum Gasteiger partial charge on any atom is -0.497 e. The largest absolute Gasteiger partial charge is 0.497 e. The lowest BCUT2D eigenvalue weighted by molar-refractivity contribution is -0.138. The molecule has 1 aliphatic carbocycles. The van der Waals surface area contributed by atoms with Crippen LogP contribution in [0.25, 0.3) is 10.8 Å². The Morgan fingerprint density at radius 1 is 1.00 bits per heavy atom. The average Bonchev–Trinajstić information content (AvgIpc) is 3.00. The first-order valence-corrected chi connectivity index (χ1v) is 7.06. The summed E-state index contributed by atoms with van der Waals surface area (Å²) in [5.41, 5.74) is 0. The lowest BCUT2D eigenvalue weighted by atomic mass is 10.1. The number of rotatable bonds is 3. The number of carbonyl (C=O) groups excluding carboxylic acids is 1. The SMILES string of the molecule is COc1ccc2ccc(OC(=O)C3CCCC3)cc2c1. The van der Waals surface area contributed by atoms with E-state index in [4.69, 9.17) is 9.47 Å². The third kappa shape index (κ3) is 2.62. The molecule has 104 valence electrons. The van der Waals surface area contributed by atoms with Gasteiger partial charge in [-0.3, -0.25) is 4.79 Å². The number of carbonyl (C=O) groups is 1. The predicted octanol–water partition coefficient (Wildman–Crippen LogP) is 3.94. The zero-order valence-electron chi connectivity index (χ0n) is 11.6. The number of ether oxygens (including phenoxy) is 2. The normalized spacial score (nSPS) is 15.4. The van der Waals surface area contributed by atoms with Gasteiger partial charge in [-0.25, -0.2) is 0 Å². The Balaban J connectivity index is 1.82. The van der Waals surface area contributed by atoms with Gasteiger partial charge < -0.3 is 9.47 Å². The molecule has 0 N–H and O–H groups in total. The molecule has 0 aromatic heterocycles. The molecule has 0 saturated heterocycles. The fourth-order valence-corrected chi connectivity index (χ4v) is 2.75. The molecule has 0 aliphatic heterocycles. The molecule has 0 radical (unpaired) electrons. The number of hydrogen-bond donors (Lipinski definition) is 0. The molecular formula is C17H18O3. The Hall–Kier alpha value is -2.03. The highest BCUT2D eigenvalue weighted by Gasteiger charge is 2.24. The highest BCUT2D eigenvalue weighted by atomic mass is 16.5. The summed E-state index contributed by atoms with van der Waals surface area (Å²) in [5.74, 6) is 1.40. The van der Waals surface area contributed by atoms with Gasteiger partial charge in [-0.1, -0.05) is 25.0 Å². The fourth-order valence-electron chi connectivity index (χ4n) is 2.75. The molecule has 0 spiro atoms. The third-order valence-electron chi connectivity index (χ3n) is 3.93. The van der Waals surface area contributed by atoms with Crippen molar-refractivity contribution in [2.45, 2.75) is 25.7 Å². The van der Waals surface area contributed by atoms with Crippen molar-refractivity contribution in [1.29, 1.82) is 0 Å². The van der Waals surface area contributed by atoms with Crippen molar-refractivity contribution in [3.8, 4) is 11.5 Å². The van der Waals surface area contributed by atoms with Crippen LogP contribution in [0.1, 0.15) is 25.7 Å². The summed E-state index contributed by atoms with van der Waals surface area (Å²) in [7, 11) is 1.64. The number of methoxy groups -OCH3 is 1. The van der Waals surface area contributed by atoms with Gasteiger partial charge in [-0.2, -0.15) is 0 Å². The maximum Gasteiger partial charge on any atom is 0.314 e. The topological polar surface area (TPSA) is 35.5 Å². The third-order valence-corrected chi connectivity index (χ3v) is 3.93. The van der Waals surface area contributed by atoms with Crippen molar-refractivity contribution >= 4 is 16.7 Å². The van der Waals surface area contributed by atoms with Crippen LogP contribution in [-0.4, -0.2) is 13.1 Å². The molecule has 1 fully saturated rings. The van der Waals surface area contributed by atoms with Gasteiger partial charge >= 0.3 is 5.97 Å². The molecule has 0 bridgehead atoms. The summed E-state index contributed by atoms with van der Waals surface area (Å²) in [4.78, 5) is 12.0. The van der Waals surface area contributed by atoms with Crippen LogP contribution in [0.5, 0.6) is 11.5 Å². The van der Waals surface area contributed by atoms with Crippen LogP contribution in [0.2, 0.25) is 0 Å². The summed E-state index contributed by atoms with van der Waals surface area (Å²) >= 11 is 0. The average molecular weight is 270 g/mol. The lowest BCUT2D eigenvalue weighted by Crippen LogP contribution is -2.17. The van der Waals surface area contributed by atoms with E-state index in [1.807, 2.05) is 36.4 Å². The van der Waals surface area contributed by atoms with Crippen LogP contribution in [-0.2, 0) is 4.79 Å². The maximum absolute atomic E-state index is 12.0. The molecule has 3 rings (SSSR count). The minimum atomic E-state index is -0.0928. The van der Waals surface area contributed by atoms with Crippen molar-refractivity contribution in [3.63, 3.8) is 0 Å². The molecule has 3 nitrogen and oxygen atoms in total. The maximum atomic E-state index is 12.0. The van der Waals surface area contributed by atoms with Crippen LogP contribution in [0.15, 0.2) is 36.4 Å². The first-order chi connectivity index (χ1) is 9.76. The molecule has 0 heterocycles. The Bertz CT molecular complexity index is 627. The zero-order valence-corrected chi connectivity index (χ0v) is 11.6. The van der Waals surface area contributed by atoms with E-state index in [-0.39, 0.29) is 11.9 Å². The highest BCUT2D eigenvalue weighted by molar-refractivity contribution is 5.86. The van der Waals surface area contributed by atoms with Gasteiger partial charge in [0.1, 0.15) is 11.5 Å². The van der Waals surface area contributed by atoms with Crippen molar-refractivity contribution in [2.24, 2.45) is 5.92 Å². The van der Waals surface area contributed by atoms with Crippen LogP contribution in [0, 0.1) is 5.92 Å². The first-order valence-electron chi connectivity index (χ1n) is 7.06. The first kappa shape index (κ1) is 13.0. The van der Waals surface area contributed by atoms with Gasteiger partial charge in [-0.05, 0) is 47.9 Å². The molecule has 3 heteroatoms. The monoisotopic (exact) mass is 270 g/mol. The summed E-state index contributed by atoms with van der Waals surface area (Å²) in [6.45, 7) is 0. The van der Waals surface area contributed by atoms with E-state index in [0.717, 1.165) is 42.2 Å². The summed E-state index contributed by atoms with van der Waals surface area (Å²) in [6, 6.07) is 11.6. The molecular weight excluding hydrogens is 252 g/mol. The zero-order chi connectivity index (χ0) is 13.9. The number of esters is 1. The van der Waals surface area contributed by atoms with E-state index in [9.17, 15) is 4.79 Å².